The molecule has 11 heteroatoms. The highest BCUT2D eigenvalue weighted by molar-refractivity contribution is 6.31. The highest BCUT2D eigenvalue weighted by Gasteiger charge is 2.31. The predicted molar refractivity (Wildman–Crippen MR) is 112 cm³/mol. The van der Waals surface area contributed by atoms with Gasteiger partial charge >= 0.3 is 6.18 Å². The van der Waals surface area contributed by atoms with Crippen LogP contribution in [0.4, 0.5) is 13.2 Å². The van der Waals surface area contributed by atoms with E-state index in [1.165, 1.54) is 12.2 Å². The van der Waals surface area contributed by atoms with E-state index in [0.29, 0.717) is 18.0 Å². The van der Waals surface area contributed by atoms with Crippen LogP contribution in [0.15, 0.2) is 41.8 Å². The van der Waals surface area contributed by atoms with Gasteiger partial charge in [-0.2, -0.15) is 13.2 Å². The highest BCUT2D eigenvalue weighted by Crippen LogP contribution is 2.32. The van der Waals surface area contributed by atoms with E-state index in [1.54, 1.807) is 20.8 Å². The number of pyridine rings is 1. The fourth-order valence-electron chi connectivity index (χ4n) is 1.92. The molecule has 2 N–H and O–H groups in total. The molecular formula is C20H24ClF3N4O3. The molecule has 7 nitrogen and oxygen atoms in total. The summed E-state index contributed by atoms with van der Waals surface area (Å²) in [7, 11) is 0. The molecule has 0 aliphatic heterocycles. The molecule has 1 aromatic heterocycles. The van der Waals surface area contributed by atoms with Crippen LogP contribution in [-0.4, -0.2) is 35.7 Å². The Bertz CT molecular complexity index is 868. The minimum atomic E-state index is -4.56. The van der Waals surface area contributed by atoms with Crippen molar-refractivity contribution in [1.29, 1.82) is 0 Å². The van der Waals surface area contributed by atoms with Gasteiger partial charge in [0.1, 0.15) is 17.5 Å². The third-order valence-electron chi connectivity index (χ3n) is 3.65. The maximum atomic E-state index is 12.6. The summed E-state index contributed by atoms with van der Waals surface area (Å²) in [6.45, 7) is 8.74. The number of aliphatic imine (C=N–C) groups is 1. The summed E-state index contributed by atoms with van der Waals surface area (Å²) in [5, 5.41) is 4.91. The van der Waals surface area contributed by atoms with Crippen LogP contribution in [0.25, 0.3) is 0 Å². The maximum Gasteiger partial charge on any atom is 0.417 e. The molecule has 0 atom stereocenters. The van der Waals surface area contributed by atoms with Crippen molar-refractivity contribution in [3.63, 3.8) is 0 Å². The summed E-state index contributed by atoms with van der Waals surface area (Å²) in [5.74, 6) is -0.835. The SMILES string of the molecule is C=CC(C)=N/C(=C\CC(=O)NCCOc1ncc(C(F)(F)F)cc1Cl)NC(=O)C(C)C. The highest BCUT2D eigenvalue weighted by atomic mass is 35.5. The van der Waals surface area contributed by atoms with Crippen LogP contribution in [0.3, 0.4) is 0 Å². The van der Waals surface area contributed by atoms with E-state index in [4.69, 9.17) is 16.3 Å². The number of aromatic nitrogens is 1. The number of ether oxygens (including phenoxy) is 1. The quantitative estimate of drug-likeness (QED) is 0.409. The van der Waals surface area contributed by atoms with Gasteiger partial charge in [0.2, 0.25) is 17.7 Å². The Hall–Kier alpha value is -2.88. The third kappa shape index (κ3) is 9.65. The zero-order valence-corrected chi connectivity index (χ0v) is 18.1. The topological polar surface area (TPSA) is 92.7 Å². The number of nitrogens with zero attached hydrogens (tertiary/aromatic N) is 2. The van der Waals surface area contributed by atoms with Gasteiger partial charge in [0.25, 0.3) is 0 Å². The lowest BCUT2D eigenvalue weighted by molar-refractivity contribution is -0.137. The van der Waals surface area contributed by atoms with E-state index in [1.807, 2.05) is 0 Å². The number of nitrogens with one attached hydrogen (secondary N) is 2. The molecule has 0 unspecified atom stereocenters. The first-order valence-electron chi connectivity index (χ1n) is 9.25. The van der Waals surface area contributed by atoms with Gasteiger partial charge in [-0.1, -0.05) is 32.0 Å². The van der Waals surface area contributed by atoms with E-state index in [0.717, 1.165) is 0 Å². The molecule has 2 amide bonds. The van der Waals surface area contributed by atoms with Gasteiger partial charge in [-0.25, -0.2) is 9.98 Å². The van der Waals surface area contributed by atoms with Crippen molar-refractivity contribution in [2.45, 2.75) is 33.4 Å². The normalized spacial score (nSPS) is 12.5. The maximum absolute atomic E-state index is 12.6. The van der Waals surface area contributed by atoms with E-state index in [9.17, 15) is 22.8 Å². The van der Waals surface area contributed by atoms with Crippen molar-refractivity contribution >= 4 is 29.1 Å². The number of halogens is 4. The van der Waals surface area contributed by atoms with Gasteiger partial charge in [0.15, 0.2) is 0 Å². The van der Waals surface area contributed by atoms with Crippen LogP contribution in [0, 0.1) is 5.92 Å². The number of allylic oxidation sites excluding steroid dienone is 1. The molecule has 0 aliphatic carbocycles. The second-order valence-corrected chi connectivity index (χ2v) is 7.01. The van der Waals surface area contributed by atoms with Crippen LogP contribution >= 0.6 is 11.6 Å². The van der Waals surface area contributed by atoms with Crippen LogP contribution < -0.4 is 15.4 Å². The fraction of sp³-hybridized carbons (Fsp3) is 0.400. The number of hydrogen-bond acceptors (Lipinski definition) is 5. The molecule has 31 heavy (non-hydrogen) atoms. The fourth-order valence-corrected chi connectivity index (χ4v) is 2.14. The smallest absolute Gasteiger partial charge is 0.417 e. The monoisotopic (exact) mass is 460 g/mol. The molecular weight excluding hydrogens is 437 g/mol. The Kier molecular flexibility index (Phi) is 10.2. The number of carbonyl (C=O) groups is 2. The molecule has 0 spiro atoms. The number of hydrogen-bond donors (Lipinski definition) is 2. The minimum Gasteiger partial charge on any atom is -0.475 e. The minimum absolute atomic E-state index is 0.0573. The first kappa shape index (κ1) is 26.2. The average Bonchev–Trinajstić information content (AvgIpc) is 2.69. The number of carbonyl (C=O) groups excluding carboxylic acids is 2. The summed E-state index contributed by atoms with van der Waals surface area (Å²) >= 11 is 5.74. The van der Waals surface area contributed by atoms with Gasteiger partial charge in [-0.05, 0) is 25.1 Å². The second-order valence-electron chi connectivity index (χ2n) is 6.60. The van der Waals surface area contributed by atoms with Crippen molar-refractivity contribution < 1.29 is 27.5 Å². The Morgan fingerprint density at radius 1 is 1.39 bits per heavy atom. The molecule has 0 radical (unpaired) electrons. The number of alkyl halides is 3. The molecule has 0 aliphatic rings. The van der Waals surface area contributed by atoms with Gasteiger partial charge in [0, 0.05) is 24.2 Å². The molecule has 0 saturated carbocycles. The lowest BCUT2D eigenvalue weighted by Crippen LogP contribution is -2.29. The van der Waals surface area contributed by atoms with Crippen LogP contribution in [0.2, 0.25) is 5.02 Å². The molecule has 0 bridgehead atoms. The van der Waals surface area contributed by atoms with Crippen molar-refractivity contribution in [3.05, 3.63) is 47.4 Å². The van der Waals surface area contributed by atoms with E-state index in [-0.39, 0.29) is 54.0 Å². The van der Waals surface area contributed by atoms with Crippen molar-refractivity contribution in [2.24, 2.45) is 10.9 Å². The van der Waals surface area contributed by atoms with Gasteiger partial charge in [-0.3, -0.25) is 9.59 Å². The molecule has 0 fully saturated rings. The standard InChI is InChI=1S/C20H24ClF3N4O3/c1-5-13(4)27-16(28-18(30)12(2)3)6-7-17(29)25-8-9-31-19-15(21)10-14(11-26-19)20(22,23)24/h5-6,10-12H,1,7-9H2,2-4H3,(H,25,29)(H,28,30)/b16-6+,27-13?. The molecule has 1 aromatic rings. The third-order valence-corrected chi connectivity index (χ3v) is 3.92. The zero-order valence-electron chi connectivity index (χ0n) is 17.3. The van der Waals surface area contributed by atoms with Crippen LogP contribution in [0.1, 0.15) is 32.8 Å². The Balaban J connectivity index is 2.58. The molecule has 1 rings (SSSR count). The van der Waals surface area contributed by atoms with Gasteiger partial charge < -0.3 is 15.4 Å². The summed E-state index contributed by atoms with van der Waals surface area (Å²) in [5.41, 5.74) is -0.426. The number of amides is 2. The average molecular weight is 461 g/mol. The second kappa shape index (κ2) is 12.1. The molecule has 0 aromatic carbocycles. The van der Waals surface area contributed by atoms with Crippen molar-refractivity contribution in [3.8, 4) is 5.88 Å². The zero-order chi connectivity index (χ0) is 23.6. The molecule has 0 saturated heterocycles. The Morgan fingerprint density at radius 3 is 2.61 bits per heavy atom. The largest absolute Gasteiger partial charge is 0.475 e. The summed E-state index contributed by atoms with van der Waals surface area (Å²) < 4.78 is 43.0. The van der Waals surface area contributed by atoms with Crippen molar-refractivity contribution in [2.75, 3.05) is 13.2 Å². The molecule has 170 valence electrons. The summed E-state index contributed by atoms with van der Waals surface area (Å²) in [4.78, 5) is 31.6. The Morgan fingerprint density at radius 2 is 2.06 bits per heavy atom. The lowest BCUT2D eigenvalue weighted by Gasteiger charge is -2.11. The summed E-state index contributed by atoms with van der Waals surface area (Å²) in [6, 6.07) is 0.714. The summed E-state index contributed by atoms with van der Waals surface area (Å²) in [6.07, 6.45) is -1.05. The Labute approximate surface area is 183 Å². The van der Waals surface area contributed by atoms with Crippen LogP contribution in [0.5, 0.6) is 5.88 Å². The van der Waals surface area contributed by atoms with E-state index >= 15 is 0 Å². The first-order valence-corrected chi connectivity index (χ1v) is 9.62. The number of rotatable bonds is 10. The van der Waals surface area contributed by atoms with Gasteiger partial charge in [-0.15, -0.1) is 0 Å². The first-order chi connectivity index (χ1) is 14.4. The van der Waals surface area contributed by atoms with E-state index < -0.39 is 11.7 Å². The van der Waals surface area contributed by atoms with E-state index in [2.05, 4.69) is 27.2 Å². The lowest BCUT2D eigenvalue weighted by atomic mass is 10.2. The van der Waals surface area contributed by atoms with Crippen molar-refractivity contribution in [1.82, 2.24) is 15.6 Å². The van der Waals surface area contributed by atoms with Crippen LogP contribution in [-0.2, 0) is 15.8 Å². The predicted octanol–water partition coefficient (Wildman–Crippen LogP) is 3.90. The van der Waals surface area contributed by atoms with Gasteiger partial charge in [0.05, 0.1) is 12.1 Å². The molecule has 1 heterocycles.